The van der Waals surface area contributed by atoms with E-state index in [0.29, 0.717) is 6.32 Å². The first-order chi connectivity index (χ1) is 3.81. The summed E-state index contributed by atoms with van der Waals surface area (Å²) in [5.74, 6) is -0.164. The zero-order valence-electron chi connectivity index (χ0n) is 4.85. The smallest absolute Gasteiger partial charge is 0.226 e. The number of carbonyl (C=O) groups is 1. The van der Waals surface area contributed by atoms with Crippen molar-refractivity contribution >= 4 is 28.2 Å². The van der Waals surface area contributed by atoms with Crippen molar-refractivity contribution in [2.75, 3.05) is 0 Å². The van der Waals surface area contributed by atoms with Gasteiger partial charge < -0.3 is 5.23 Å². The van der Waals surface area contributed by atoms with Gasteiger partial charge in [-0.15, -0.1) is 0 Å². The van der Waals surface area contributed by atoms with Crippen LogP contribution in [0.4, 0.5) is 0 Å². The van der Waals surface area contributed by atoms with E-state index in [4.69, 9.17) is 7.98 Å². The van der Waals surface area contributed by atoms with Crippen LogP contribution in [0.25, 0.3) is 0 Å². The van der Waals surface area contributed by atoms with E-state index >= 15 is 0 Å². The van der Waals surface area contributed by atoms with E-state index < -0.39 is 0 Å². The number of nitrogens with one attached hydrogen (secondary N) is 1. The number of hydrogen-bond acceptors (Lipinski definition) is 1. The van der Waals surface area contributed by atoms with Crippen molar-refractivity contribution in [2.45, 2.75) is 13.1 Å². The number of carbonyl (C=O) groups excluding carboxylic acids is 1. The van der Waals surface area contributed by atoms with Crippen molar-refractivity contribution in [1.82, 2.24) is 5.23 Å². The van der Waals surface area contributed by atoms with E-state index in [0.717, 1.165) is 0 Å². The molecule has 0 atom stereocenters. The van der Waals surface area contributed by atoms with Gasteiger partial charge in [-0.05, 0) is 6.32 Å². The zero-order chi connectivity index (χ0) is 6.41. The van der Waals surface area contributed by atoms with Crippen LogP contribution in [0.15, 0.2) is 0 Å². The minimum atomic E-state index is -0.164. The molecule has 0 unspecified atom stereocenters. The summed E-state index contributed by atoms with van der Waals surface area (Å²) in [5.41, 5.74) is 0. The fourth-order valence-electron chi connectivity index (χ4n) is 0.284. The minimum Gasteiger partial charge on any atom is -0.410 e. The van der Waals surface area contributed by atoms with Crippen LogP contribution in [0.3, 0.4) is 0 Å². The van der Waals surface area contributed by atoms with E-state index in [-0.39, 0.29) is 5.91 Å². The molecule has 0 aliphatic rings. The molecule has 38 valence electrons. The van der Waals surface area contributed by atoms with Gasteiger partial charge in [-0.2, -0.15) is 0 Å². The van der Waals surface area contributed by atoms with Gasteiger partial charge in [0, 0.05) is 0 Å². The largest absolute Gasteiger partial charge is 0.410 e. The molecule has 0 bridgehead atoms. The van der Waals surface area contributed by atoms with Gasteiger partial charge in [0.15, 0.2) is 5.91 Å². The minimum absolute atomic E-state index is 0.164. The Labute approximate surface area is 52.3 Å². The van der Waals surface area contributed by atoms with Gasteiger partial charge in [0.2, 0.25) is 7.98 Å². The molecule has 0 spiro atoms. The highest BCUT2D eigenvalue weighted by Gasteiger charge is 1.94. The van der Waals surface area contributed by atoms with E-state index in [9.17, 15) is 4.79 Å². The van der Waals surface area contributed by atoms with Crippen molar-refractivity contribution in [2.24, 2.45) is 0 Å². The van der Waals surface area contributed by atoms with Crippen LogP contribution in [-0.4, -0.2) is 28.2 Å². The third kappa shape index (κ3) is 3.84. The summed E-state index contributed by atoms with van der Waals surface area (Å²) in [5, 5.41) is 2.01. The van der Waals surface area contributed by atoms with Gasteiger partial charge in [0.25, 0.3) is 0 Å². The first-order valence-electron chi connectivity index (χ1n) is 2.42. The molecule has 0 aromatic rings. The van der Waals surface area contributed by atoms with Crippen LogP contribution in [-0.2, 0) is 4.79 Å². The molecule has 2 nitrogen and oxygen atoms in total. The molecule has 0 aliphatic heterocycles. The Morgan fingerprint density at radius 2 is 2.50 bits per heavy atom. The molecule has 0 aromatic carbocycles. The molecule has 0 saturated carbocycles. The highest BCUT2D eigenvalue weighted by atomic mass is 16.1. The van der Waals surface area contributed by atoms with Crippen LogP contribution in [0.5, 0.6) is 0 Å². The second-order valence-electron chi connectivity index (χ2n) is 1.34. The van der Waals surface area contributed by atoms with E-state index in [2.05, 4.69) is 0 Å². The maximum absolute atomic E-state index is 10.3. The molecule has 0 aromatic heterocycles. The lowest BCUT2D eigenvalue weighted by atomic mass is 9.39. The first-order valence-corrected chi connectivity index (χ1v) is 2.42. The summed E-state index contributed by atoms with van der Waals surface area (Å²) in [6.07, 6.45) is 0.368. The predicted octanol–water partition coefficient (Wildman–Crippen LogP) is -1.02. The van der Waals surface area contributed by atoms with Crippen molar-refractivity contribution in [3.8, 4) is 0 Å². The predicted molar refractivity (Wildman–Crippen MR) is 36.1 cm³/mol. The normalized spacial score (nSPS) is 7.62. The molecule has 8 heavy (non-hydrogen) atoms. The van der Waals surface area contributed by atoms with Gasteiger partial charge in [-0.3, -0.25) is 4.79 Å². The van der Waals surface area contributed by atoms with Gasteiger partial charge in [0.1, 0.15) is 0 Å². The van der Waals surface area contributed by atoms with E-state index in [1.54, 1.807) is 14.3 Å². The SMILES string of the molecule is [B]NC(=O)C[B][B]C. The molecule has 1 amide bonds. The van der Waals surface area contributed by atoms with Gasteiger partial charge in [-0.25, -0.2) is 0 Å². The topological polar surface area (TPSA) is 29.1 Å². The molecule has 1 N–H and O–H groups in total. The maximum atomic E-state index is 10.3. The summed E-state index contributed by atoms with van der Waals surface area (Å²) in [6, 6.07) is 0. The lowest BCUT2D eigenvalue weighted by Crippen LogP contribution is -2.21. The molecule has 0 rings (SSSR count). The van der Waals surface area contributed by atoms with Gasteiger partial charge >= 0.3 is 0 Å². The lowest BCUT2D eigenvalue weighted by molar-refractivity contribution is -0.117. The van der Waals surface area contributed by atoms with E-state index in [1.165, 1.54) is 0 Å². The Hall–Kier alpha value is -0.335. The van der Waals surface area contributed by atoms with E-state index in [1.807, 2.05) is 12.1 Å². The van der Waals surface area contributed by atoms with Crippen molar-refractivity contribution in [3.63, 3.8) is 0 Å². The van der Waals surface area contributed by atoms with Crippen molar-refractivity contribution in [1.29, 1.82) is 0 Å². The molecular weight excluding hydrogens is 98.5 g/mol. The highest BCUT2D eigenvalue weighted by Crippen LogP contribution is 1.73. The Morgan fingerprint density at radius 3 is 2.88 bits per heavy atom. The van der Waals surface area contributed by atoms with Gasteiger partial charge in [-0.1, -0.05) is 6.82 Å². The molecular formula is C3H6B3NO. The van der Waals surface area contributed by atoms with Crippen LogP contribution in [0, 0.1) is 0 Å². The molecule has 5 heteroatoms. The maximum Gasteiger partial charge on any atom is 0.226 e. The second kappa shape index (κ2) is 4.81. The quantitative estimate of drug-likeness (QED) is 0.456. The van der Waals surface area contributed by atoms with Crippen molar-refractivity contribution in [3.05, 3.63) is 0 Å². The Morgan fingerprint density at radius 1 is 1.88 bits per heavy atom. The average Bonchev–Trinajstić information content (AvgIpc) is 1.83. The van der Waals surface area contributed by atoms with Gasteiger partial charge in [0.05, 0.1) is 14.3 Å². The lowest BCUT2D eigenvalue weighted by Gasteiger charge is -1.93. The average molecular weight is 105 g/mol. The summed E-state index contributed by atoms with van der Waals surface area (Å²) in [6.45, 7) is 1.85. The Kier molecular flexibility index (Phi) is 4.61. The second-order valence-corrected chi connectivity index (χ2v) is 1.34. The zero-order valence-corrected chi connectivity index (χ0v) is 4.85. The molecule has 4 radical (unpaired) electrons. The molecule has 0 heterocycles. The molecule has 0 aliphatic carbocycles. The summed E-state index contributed by atoms with van der Waals surface area (Å²) >= 11 is 0. The Bertz CT molecular complexity index is 76.9. The highest BCUT2D eigenvalue weighted by molar-refractivity contribution is 7.01. The number of rotatable bonds is 3. The standard InChI is InChI=1S/C3H6B3NO/c1-5-6-2-3(8)7-4/h2H2,1H3,(H,7,8). The van der Waals surface area contributed by atoms with Crippen LogP contribution in [0.1, 0.15) is 0 Å². The number of amides is 1. The summed E-state index contributed by atoms with van der Waals surface area (Å²) < 4.78 is 0. The third-order valence-electron chi connectivity index (χ3n) is 0.700. The monoisotopic (exact) mass is 105 g/mol. The summed E-state index contributed by atoms with van der Waals surface area (Å²) in [4.78, 5) is 10.3. The first kappa shape index (κ1) is 7.66. The van der Waals surface area contributed by atoms with Crippen molar-refractivity contribution < 1.29 is 4.79 Å². The third-order valence-corrected chi connectivity index (χ3v) is 0.700. The fraction of sp³-hybridized carbons (Fsp3) is 0.667. The number of hydrogen-bond donors (Lipinski definition) is 1. The van der Waals surface area contributed by atoms with Crippen LogP contribution in [0.2, 0.25) is 13.1 Å². The summed E-state index contributed by atoms with van der Waals surface area (Å²) in [7, 11) is 8.32. The molecule has 0 fully saturated rings. The Balaban J connectivity index is 2.99. The van der Waals surface area contributed by atoms with Crippen LogP contribution < -0.4 is 5.23 Å². The molecule has 0 saturated heterocycles. The van der Waals surface area contributed by atoms with Crippen LogP contribution >= 0.6 is 0 Å². The fourth-order valence-corrected chi connectivity index (χ4v) is 0.284.